The van der Waals surface area contributed by atoms with Crippen molar-refractivity contribution in [2.45, 2.75) is 26.2 Å². The summed E-state index contributed by atoms with van der Waals surface area (Å²) >= 11 is 0. The molecule has 0 saturated heterocycles. The highest BCUT2D eigenvalue weighted by Crippen LogP contribution is 2.57. The molecule has 0 radical (unpaired) electrons. The van der Waals surface area contributed by atoms with E-state index in [2.05, 4.69) is 126 Å². The predicted molar refractivity (Wildman–Crippen MR) is 534 cm³/mol. The van der Waals surface area contributed by atoms with E-state index in [-0.39, 0.29) is 55.0 Å². The molecule has 0 atom stereocenters. The van der Waals surface area contributed by atoms with Crippen LogP contribution in [0.25, 0.3) is 193 Å². The Hall–Kier alpha value is -16.8. The molecule has 0 unspecified atom stereocenters. The van der Waals surface area contributed by atoms with Gasteiger partial charge >= 0.3 is 0 Å². The monoisotopic (exact) mass is 1650 g/mol. The van der Waals surface area contributed by atoms with Gasteiger partial charge in [0, 0.05) is 88.7 Å². The first-order valence-corrected chi connectivity index (χ1v) is 41.9. The van der Waals surface area contributed by atoms with Crippen molar-refractivity contribution in [1.82, 2.24) is 9.13 Å². The van der Waals surface area contributed by atoms with Crippen molar-refractivity contribution in [3.05, 3.63) is 434 Å². The van der Waals surface area contributed by atoms with Crippen molar-refractivity contribution in [2.24, 2.45) is 0 Å². The first-order valence-electron chi connectivity index (χ1n) is 53.9. The number of aromatic nitrogens is 2. The van der Waals surface area contributed by atoms with Gasteiger partial charge in [-0.25, -0.2) is 4.85 Å². The zero-order chi connectivity index (χ0) is 106. The Morgan fingerprint density at radius 3 is 1.19 bits per heavy atom. The maximum Gasteiger partial charge on any atom is 0.252 e. The first-order chi connectivity index (χ1) is 73.0. The number of benzene rings is 19. The van der Waals surface area contributed by atoms with Crippen molar-refractivity contribution in [3.63, 3.8) is 0 Å². The van der Waals surface area contributed by atoms with E-state index in [0.29, 0.717) is 117 Å². The summed E-state index contributed by atoms with van der Waals surface area (Å²) in [6, 6.07) is 71.9. The van der Waals surface area contributed by atoms with Crippen molar-refractivity contribution in [3.8, 4) is 129 Å². The van der Waals surface area contributed by atoms with Crippen LogP contribution < -0.4 is 26.2 Å². The molecule has 0 N–H and O–H groups in total. The molecule has 6 heterocycles. The zero-order valence-electron chi connectivity index (χ0n) is 92.6. The Morgan fingerprint density at radius 1 is 0.328 bits per heavy atom. The standard InChI is InChI=1S/C120H77BN6O/c1-120(2,3)91-69-113-117-114(70-91)127-112-72-94(125-108-38-20-18-36-96(108)102-62-84(46-56-110(102)125)76-25-11-6-12-26-76)52-54-106(112)121(117)105-53-51-93(124-107-37-19-17-35-95(107)101-61-83(45-55-109(101)124)75-23-9-5-10-24-75)71-111(105)126(113)118-97(79-27-13-7-14-28-79)65-89(77-41-39-74(73-122)40-42-77)67-99(118)87-33-21-31-81(59-87)85-47-57-115-103(63-85)104-64-86(48-58-116(104)128-115)82-32-22-34-88(60-82)100-68-90(78-43-49-92(123-4)50-44-78)66-98(119(100)127)80-29-15-8-16-30-80/h5-72H,1-3H3/i5D,6D,9D,10D,11D,12D,17D,18D,19D,20D,23D,24D,25D,26D,35D,36D,37D,38D,45D,46D,55D,56D,61D,62D. The molecule has 128 heavy (non-hydrogen) atoms. The molecule has 0 spiro atoms. The molecule has 22 aromatic rings. The van der Waals surface area contributed by atoms with Crippen LogP contribution in [-0.4, -0.2) is 15.8 Å². The number of rotatable bonds is 8. The van der Waals surface area contributed by atoms with E-state index >= 15 is 0 Å². The highest BCUT2D eigenvalue weighted by atomic mass is 16.3. The van der Waals surface area contributed by atoms with Crippen LogP contribution in [0, 0.1) is 17.9 Å². The normalized spacial score (nSPS) is 15.1. The molecule has 3 aliphatic rings. The van der Waals surface area contributed by atoms with Gasteiger partial charge in [0.05, 0.1) is 84.5 Å². The lowest BCUT2D eigenvalue weighted by atomic mass is 9.33. The predicted octanol–water partition coefficient (Wildman–Crippen LogP) is 30.6. The summed E-state index contributed by atoms with van der Waals surface area (Å²) < 4.78 is 242. The van der Waals surface area contributed by atoms with Crippen molar-refractivity contribution in [2.75, 3.05) is 9.80 Å². The summed E-state index contributed by atoms with van der Waals surface area (Å²) in [5, 5.41) is 11.0. The zero-order valence-corrected chi connectivity index (χ0v) is 68.6. The smallest absolute Gasteiger partial charge is 0.252 e. The van der Waals surface area contributed by atoms with Crippen LogP contribution in [0.1, 0.15) is 64.8 Å². The second kappa shape index (κ2) is 28.9. The van der Waals surface area contributed by atoms with E-state index in [0.717, 1.165) is 60.8 Å². The van der Waals surface area contributed by atoms with Gasteiger partial charge in [-0.05, 0) is 262 Å². The summed E-state index contributed by atoms with van der Waals surface area (Å²) in [5.41, 5.74) is 15.1. The third-order valence-electron chi connectivity index (χ3n) is 25.2. The number of nitriles is 1. The summed E-state index contributed by atoms with van der Waals surface area (Å²) in [4.78, 5) is 8.28. The van der Waals surface area contributed by atoms with Gasteiger partial charge in [0.15, 0.2) is 5.69 Å². The van der Waals surface area contributed by atoms with Crippen LogP contribution in [0.15, 0.2) is 416 Å². The van der Waals surface area contributed by atoms with Crippen LogP contribution in [0.5, 0.6) is 0 Å². The quantitative estimate of drug-likeness (QED) is 0.112. The lowest BCUT2D eigenvalue weighted by Crippen LogP contribution is -2.61. The van der Waals surface area contributed by atoms with Gasteiger partial charge in [-0.1, -0.05) is 287 Å². The Morgan fingerprint density at radius 2 is 0.734 bits per heavy atom. The van der Waals surface area contributed by atoms with Gasteiger partial charge < -0.3 is 23.4 Å². The van der Waals surface area contributed by atoms with Gasteiger partial charge in [-0.2, -0.15) is 5.26 Å². The lowest BCUT2D eigenvalue weighted by Gasteiger charge is -2.46. The number of nitrogens with zero attached hydrogens (tertiary/aromatic N) is 6. The topological polar surface area (TPSA) is 57.6 Å². The van der Waals surface area contributed by atoms with E-state index < -0.39 is 179 Å². The fourth-order valence-corrected chi connectivity index (χ4v) is 19.2. The summed E-state index contributed by atoms with van der Waals surface area (Å²) in [7, 11) is 0. The summed E-state index contributed by atoms with van der Waals surface area (Å²) in [5.74, 6) is 0. The van der Waals surface area contributed by atoms with Crippen molar-refractivity contribution >= 4 is 128 Å². The van der Waals surface area contributed by atoms with E-state index in [1.54, 1.807) is 36.4 Å². The van der Waals surface area contributed by atoms with Gasteiger partial charge in [0.2, 0.25) is 0 Å². The largest absolute Gasteiger partial charge is 0.456 e. The van der Waals surface area contributed by atoms with Crippen LogP contribution in [0.3, 0.4) is 0 Å². The molecule has 0 saturated carbocycles. The van der Waals surface area contributed by atoms with E-state index in [1.165, 1.54) is 9.13 Å². The molecule has 3 aromatic heterocycles. The number of furan rings is 1. The van der Waals surface area contributed by atoms with Gasteiger partial charge in [-0.15, -0.1) is 0 Å². The minimum Gasteiger partial charge on any atom is -0.456 e. The molecule has 0 amide bonds. The van der Waals surface area contributed by atoms with Gasteiger partial charge in [-0.3, -0.25) is 0 Å². The van der Waals surface area contributed by atoms with Crippen LogP contribution >= 0.6 is 0 Å². The molecule has 25 rings (SSSR count). The Bertz CT molecular complexity index is 9470. The highest BCUT2D eigenvalue weighted by Gasteiger charge is 2.47. The fourth-order valence-electron chi connectivity index (χ4n) is 19.2. The van der Waals surface area contributed by atoms with E-state index in [1.807, 2.05) is 146 Å². The molecule has 7 nitrogen and oxygen atoms in total. The molecule has 0 fully saturated rings. The SMILES string of the molecule is [2H]c1c([2H])c([2H])c(-c2c([2H])c([2H])c3c(c2[2H])c2c([2H])c([2H])c([2H])c([2H])c2n3-c2ccc3c(c2)N2c4cc(C(C)(C)C)cc5c4B3c3ccc(-n4c6c([2H])c([2H])c([2H])c([2H])c6c6c([2H])c(-c7c([2H])c([2H])c([2H])c([2H])c7[2H])c([2H])c([2H])c64)cc3N5c3c(-c4ccccc4)cc(-c4ccc([N+]#[C-])cc4)cc3-c3cccc(c3)-c3ccc4oc5ccc(cc5c4c3)-c3cccc(c3)-c3cc(-c4ccc(C#N)cc4)cc(-c4ccccc4)c32)c([2H])c1[2H]. The third-order valence-corrected chi connectivity index (χ3v) is 25.2. The Kier molecular flexibility index (Phi) is 12.0. The van der Waals surface area contributed by atoms with Crippen LogP contribution in [0.4, 0.5) is 39.8 Å². The number of fused-ring (bicyclic) bond motifs is 26. The number of hydrogen-bond donors (Lipinski definition) is 0. The molecule has 0 aliphatic carbocycles. The van der Waals surface area contributed by atoms with E-state index in [4.69, 9.17) is 19.2 Å². The Balaban J connectivity index is 0.901. The molecule has 596 valence electrons. The molecular formula is C120H77BN6O. The number of anilines is 6. The Labute approximate surface area is 775 Å². The van der Waals surface area contributed by atoms with Crippen molar-refractivity contribution in [1.29, 1.82) is 5.26 Å². The number of para-hydroxylation sites is 2. The van der Waals surface area contributed by atoms with Crippen LogP contribution in [-0.2, 0) is 5.41 Å². The number of hydrogen-bond acceptors (Lipinski definition) is 4. The maximum atomic E-state index is 10.6. The fraction of sp³-hybridized carbons (Fsp3) is 0.0333. The second-order valence-corrected chi connectivity index (χ2v) is 33.4. The lowest BCUT2D eigenvalue weighted by molar-refractivity contribution is 0.590. The summed E-state index contributed by atoms with van der Waals surface area (Å²) in [6.07, 6.45) is 0. The molecule has 8 heteroatoms. The summed E-state index contributed by atoms with van der Waals surface area (Å²) in [6.45, 7) is 13.5. The van der Waals surface area contributed by atoms with Crippen molar-refractivity contribution < 1.29 is 37.3 Å². The van der Waals surface area contributed by atoms with Crippen LogP contribution in [0.2, 0.25) is 0 Å². The molecule has 13 bridgehead atoms. The van der Waals surface area contributed by atoms with Gasteiger partial charge in [0.1, 0.15) is 11.2 Å². The molecular weight excluding hydrogens is 1550 g/mol. The van der Waals surface area contributed by atoms with Gasteiger partial charge in [0.25, 0.3) is 6.71 Å². The average Bonchev–Trinajstić information content (AvgIpc) is 1.61. The van der Waals surface area contributed by atoms with E-state index in [9.17, 15) is 29.9 Å². The average molecular weight is 1650 g/mol. The second-order valence-electron chi connectivity index (χ2n) is 33.4. The maximum absolute atomic E-state index is 10.6. The molecule has 19 aromatic carbocycles. The highest BCUT2D eigenvalue weighted by molar-refractivity contribution is 7.00. The molecule has 3 aliphatic heterocycles. The minimum atomic E-state index is -1.03. The third kappa shape index (κ3) is 11.8. The minimum absolute atomic E-state index is 0.109. The first kappa shape index (κ1) is 53.3.